The molecule has 0 aliphatic heterocycles. The van der Waals surface area contributed by atoms with Crippen molar-refractivity contribution < 1.29 is 22.7 Å². The van der Waals surface area contributed by atoms with Gasteiger partial charge in [-0.05, 0) is 42.7 Å². The second-order valence-electron chi connectivity index (χ2n) is 7.44. The zero-order chi connectivity index (χ0) is 22.1. The van der Waals surface area contributed by atoms with Crippen LogP contribution in [0.1, 0.15) is 37.7 Å². The molecule has 3 amide bonds. The van der Waals surface area contributed by atoms with Crippen LogP contribution >= 0.6 is 0 Å². The quantitative estimate of drug-likeness (QED) is 0.578. The molecule has 0 atom stereocenters. The zero-order valence-electron chi connectivity index (χ0n) is 17.2. The number of hydrogen-bond acceptors (Lipinski definition) is 5. The largest absolute Gasteiger partial charge is 0.484 e. The molecule has 0 spiro atoms. The molecule has 9 heteroatoms. The number of nitrogens with one attached hydrogen (secondary N) is 3. The van der Waals surface area contributed by atoms with Crippen LogP contribution in [0.3, 0.4) is 0 Å². The van der Waals surface area contributed by atoms with Crippen LogP contribution in [0, 0.1) is 0 Å². The van der Waals surface area contributed by atoms with Gasteiger partial charge in [0.2, 0.25) is 0 Å². The number of amides is 3. The molecule has 2 aromatic rings. The molecular weight excluding hydrogens is 418 g/mol. The van der Waals surface area contributed by atoms with Crippen molar-refractivity contribution in [2.45, 2.75) is 49.6 Å². The Bertz CT molecular complexity index is 972. The molecular formula is C22H27N3O5S. The van der Waals surface area contributed by atoms with E-state index in [-0.39, 0.29) is 30.0 Å². The van der Waals surface area contributed by atoms with Crippen molar-refractivity contribution in [2.24, 2.45) is 0 Å². The fourth-order valence-corrected chi connectivity index (χ4v) is 4.26. The molecule has 2 aromatic carbocycles. The van der Waals surface area contributed by atoms with Gasteiger partial charge in [-0.15, -0.1) is 0 Å². The summed E-state index contributed by atoms with van der Waals surface area (Å²) in [7, 11) is -3.97. The van der Waals surface area contributed by atoms with Crippen molar-refractivity contribution in [1.82, 2.24) is 15.4 Å². The second-order valence-corrected chi connectivity index (χ2v) is 9.12. The Hall–Kier alpha value is -3.07. The fraction of sp³-hybridized carbons (Fsp3) is 0.364. The number of para-hydroxylation sites is 1. The molecule has 1 aliphatic rings. The third-order valence-electron chi connectivity index (χ3n) is 5.00. The van der Waals surface area contributed by atoms with E-state index >= 15 is 0 Å². The molecule has 0 heterocycles. The summed E-state index contributed by atoms with van der Waals surface area (Å²) in [6.45, 7) is 0.114. The lowest BCUT2D eigenvalue weighted by atomic mass is 9.96. The van der Waals surface area contributed by atoms with Crippen molar-refractivity contribution in [3.8, 4) is 5.75 Å². The molecule has 0 bridgehead atoms. The summed E-state index contributed by atoms with van der Waals surface area (Å²) in [6.07, 6.45) is 4.95. The lowest BCUT2D eigenvalue weighted by molar-refractivity contribution is -0.123. The van der Waals surface area contributed by atoms with Crippen molar-refractivity contribution in [3.05, 3.63) is 60.2 Å². The van der Waals surface area contributed by atoms with E-state index < -0.39 is 16.1 Å². The molecule has 31 heavy (non-hydrogen) atoms. The van der Waals surface area contributed by atoms with Gasteiger partial charge in [0.05, 0.1) is 4.90 Å². The van der Waals surface area contributed by atoms with Crippen LogP contribution in [0.5, 0.6) is 5.75 Å². The van der Waals surface area contributed by atoms with Crippen LogP contribution in [0.2, 0.25) is 0 Å². The minimum absolute atomic E-state index is 0.0146. The Morgan fingerprint density at radius 3 is 2.29 bits per heavy atom. The summed E-state index contributed by atoms with van der Waals surface area (Å²) in [5, 5.41) is 5.44. The topological polar surface area (TPSA) is 114 Å². The number of hydrogen-bond donors (Lipinski definition) is 3. The first-order valence-electron chi connectivity index (χ1n) is 10.3. The van der Waals surface area contributed by atoms with Gasteiger partial charge in [-0.1, -0.05) is 49.6 Å². The number of carbonyl (C=O) groups is 2. The van der Waals surface area contributed by atoms with Gasteiger partial charge in [0.15, 0.2) is 6.61 Å². The Labute approximate surface area is 182 Å². The van der Waals surface area contributed by atoms with Gasteiger partial charge < -0.3 is 15.4 Å². The van der Waals surface area contributed by atoms with Crippen LogP contribution in [0.4, 0.5) is 4.79 Å². The van der Waals surface area contributed by atoms with Gasteiger partial charge in [0.25, 0.3) is 15.9 Å². The second kappa shape index (κ2) is 10.8. The highest BCUT2D eigenvalue weighted by Gasteiger charge is 2.21. The number of ether oxygens (including phenoxy) is 1. The molecule has 1 fully saturated rings. The van der Waals surface area contributed by atoms with Gasteiger partial charge in [-0.3, -0.25) is 4.79 Å². The highest BCUT2D eigenvalue weighted by atomic mass is 32.2. The Morgan fingerprint density at radius 2 is 1.61 bits per heavy atom. The van der Waals surface area contributed by atoms with Gasteiger partial charge in [-0.25, -0.2) is 17.9 Å². The van der Waals surface area contributed by atoms with E-state index in [0.29, 0.717) is 5.75 Å². The predicted octanol–water partition coefficient (Wildman–Crippen LogP) is 2.70. The summed E-state index contributed by atoms with van der Waals surface area (Å²) in [5.74, 6) is 0.314. The molecule has 1 saturated carbocycles. The Morgan fingerprint density at radius 1 is 0.935 bits per heavy atom. The van der Waals surface area contributed by atoms with E-state index in [1.165, 1.54) is 12.1 Å². The zero-order valence-corrected chi connectivity index (χ0v) is 18.0. The lowest BCUT2D eigenvalue weighted by Crippen LogP contribution is -2.45. The maximum Gasteiger partial charge on any atom is 0.328 e. The van der Waals surface area contributed by atoms with Crippen molar-refractivity contribution >= 4 is 22.0 Å². The van der Waals surface area contributed by atoms with E-state index in [1.807, 2.05) is 18.2 Å². The maximum atomic E-state index is 12.4. The van der Waals surface area contributed by atoms with E-state index in [9.17, 15) is 18.0 Å². The Balaban J connectivity index is 1.45. The van der Waals surface area contributed by atoms with Crippen molar-refractivity contribution in [2.75, 3.05) is 6.61 Å². The summed E-state index contributed by atoms with van der Waals surface area (Å²) >= 11 is 0. The van der Waals surface area contributed by atoms with E-state index in [2.05, 4.69) is 15.4 Å². The molecule has 1 aliphatic carbocycles. The number of urea groups is 1. The maximum absolute atomic E-state index is 12.4. The highest BCUT2D eigenvalue weighted by molar-refractivity contribution is 7.90. The van der Waals surface area contributed by atoms with Crippen LogP contribution < -0.4 is 20.1 Å². The van der Waals surface area contributed by atoms with Crippen molar-refractivity contribution in [3.63, 3.8) is 0 Å². The SMILES string of the molecule is O=C(COc1ccccc1)NCc1ccc(S(=O)(=O)NC(=O)NC2CCCCC2)cc1. The first kappa shape index (κ1) is 22.6. The van der Waals surface area contributed by atoms with Gasteiger partial charge in [-0.2, -0.15) is 0 Å². The average molecular weight is 446 g/mol. The van der Waals surface area contributed by atoms with Crippen LogP contribution in [0.25, 0.3) is 0 Å². The predicted molar refractivity (Wildman–Crippen MR) is 116 cm³/mol. The van der Waals surface area contributed by atoms with Crippen LogP contribution in [0.15, 0.2) is 59.5 Å². The third kappa shape index (κ3) is 7.29. The molecule has 3 rings (SSSR count). The number of carbonyl (C=O) groups excluding carboxylic acids is 2. The smallest absolute Gasteiger partial charge is 0.328 e. The molecule has 3 N–H and O–H groups in total. The number of rotatable bonds is 8. The first-order chi connectivity index (χ1) is 14.9. The summed E-state index contributed by atoms with van der Waals surface area (Å²) in [6, 6.07) is 14.3. The molecule has 0 saturated heterocycles. The standard InChI is InChI=1S/C22H27N3O5S/c26-21(16-30-19-9-5-2-6-10-19)23-15-17-11-13-20(14-12-17)31(28,29)25-22(27)24-18-7-3-1-4-8-18/h2,5-6,9-14,18H,1,3-4,7-8,15-16H2,(H,23,26)(H2,24,25,27). The minimum atomic E-state index is -3.97. The number of sulfonamides is 1. The van der Waals surface area contributed by atoms with Gasteiger partial charge >= 0.3 is 6.03 Å². The summed E-state index contributed by atoms with van der Waals surface area (Å²) < 4.78 is 32.3. The number of benzene rings is 2. The highest BCUT2D eigenvalue weighted by Crippen LogP contribution is 2.17. The fourth-order valence-electron chi connectivity index (χ4n) is 3.35. The van der Waals surface area contributed by atoms with E-state index in [4.69, 9.17) is 4.74 Å². The lowest BCUT2D eigenvalue weighted by Gasteiger charge is -2.22. The van der Waals surface area contributed by atoms with E-state index in [0.717, 1.165) is 37.7 Å². The summed E-state index contributed by atoms with van der Waals surface area (Å²) in [4.78, 5) is 23.9. The van der Waals surface area contributed by atoms with Crippen LogP contribution in [-0.4, -0.2) is 33.0 Å². The summed E-state index contributed by atoms with van der Waals surface area (Å²) in [5.41, 5.74) is 0.721. The molecule has 0 unspecified atom stereocenters. The van der Waals surface area contributed by atoms with Gasteiger partial charge in [0, 0.05) is 12.6 Å². The monoisotopic (exact) mass is 445 g/mol. The minimum Gasteiger partial charge on any atom is -0.484 e. The molecule has 8 nitrogen and oxygen atoms in total. The van der Waals surface area contributed by atoms with Crippen LogP contribution in [-0.2, 0) is 21.4 Å². The molecule has 0 aromatic heterocycles. The van der Waals surface area contributed by atoms with Crippen molar-refractivity contribution in [1.29, 1.82) is 0 Å². The Kier molecular flexibility index (Phi) is 7.88. The normalized spacial score (nSPS) is 14.5. The molecule has 0 radical (unpaired) electrons. The third-order valence-corrected chi connectivity index (χ3v) is 6.35. The van der Waals surface area contributed by atoms with E-state index in [1.54, 1.807) is 24.3 Å². The first-order valence-corrected chi connectivity index (χ1v) is 11.8. The average Bonchev–Trinajstić information content (AvgIpc) is 2.77. The molecule has 166 valence electrons. The van der Waals surface area contributed by atoms with Gasteiger partial charge in [0.1, 0.15) is 5.75 Å².